The van der Waals surface area contributed by atoms with Gasteiger partial charge in [0.1, 0.15) is 5.82 Å². The predicted octanol–water partition coefficient (Wildman–Crippen LogP) is 3.44. The number of likely N-dealkylation sites (tertiary alicyclic amines) is 1. The Bertz CT molecular complexity index is 932. The number of nitrogens with one attached hydrogen (secondary N) is 1. The number of hydrogen-bond acceptors (Lipinski definition) is 3. The van der Waals surface area contributed by atoms with E-state index in [2.05, 4.69) is 15.1 Å². The van der Waals surface area contributed by atoms with Crippen molar-refractivity contribution in [1.29, 1.82) is 0 Å². The van der Waals surface area contributed by atoms with Gasteiger partial charge in [0.05, 0.1) is 17.1 Å². The number of amides is 1. The normalized spacial score (nSPS) is 17.8. The Labute approximate surface area is 142 Å². The second kappa shape index (κ2) is 5.94. The van der Waals surface area contributed by atoms with E-state index in [9.17, 15) is 13.6 Å². The van der Waals surface area contributed by atoms with Crippen molar-refractivity contribution in [1.82, 2.24) is 24.6 Å². The smallest absolute Gasteiger partial charge is 0.333 e. The average Bonchev–Trinajstić information content (AvgIpc) is 3.31. The van der Waals surface area contributed by atoms with E-state index in [-0.39, 0.29) is 17.6 Å². The molecule has 1 aliphatic rings. The summed E-state index contributed by atoms with van der Waals surface area (Å²) in [6, 6.07) is 7.07. The number of rotatable bonds is 3. The second-order valence-electron chi connectivity index (χ2n) is 6.26. The van der Waals surface area contributed by atoms with Crippen LogP contribution in [-0.2, 0) is 0 Å². The molecule has 0 aliphatic carbocycles. The molecule has 0 radical (unpaired) electrons. The van der Waals surface area contributed by atoms with Crippen LogP contribution >= 0.6 is 0 Å². The fraction of sp³-hybridized carbons (Fsp3) is 0.353. The van der Waals surface area contributed by atoms with E-state index in [0.29, 0.717) is 11.2 Å². The van der Waals surface area contributed by atoms with Gasteiger partial charge in [-0.2, -0.15) is 13.9 Å². The molecule has 1 atom stereocenters. The van der Waals surface area contributed by atoms with Crippen LogP contribution in [0.1, 0.15) is 47.3 Å². The highest BCUT2D eigenvalue weighted by molar-refractivity contribution is 5.92. The third-order valence-electron chi connectivity index (χ3n) is 4.51. The zero-order valence-corrected chi connectivity index (χ0v) is 13.6. The van der Waals surface area contributed by atoms with Crippen LogP contribution in [0.3, 0.4) is 0 Å². The number of aryl methyl sites for hydroxylation is 1. The lowest BCUT2D eigenvalue weighted by Gasteiger charge is -2.22. The van der Waals surface area contributed by atoms with Crippen molar-refractivity contribution in [3.63, 3.8) is 0 Å². The fourth-order valence-electron chi connectivity index (χ4n) is 3.30. The molecular weight excluding hydrogens is 328 g/mol. The van der Waals surface area contributed by atoms with Gasteiger partial charge in [-0.15, -0.1) is 0 Å². The molecule has 0 unspecified atom stereocenters. The zero-order chi connectivity index (χ0) is 17.6. The van der Waals surface area contributed by atoms with Crippen molar-refractivity contribution in [2.45, 2.75) is 32.4 Å². The summed E-state index contributed by atoms with van der Waals surface area (Å²) in [5.74, 6) is 0.373. The number of fused-ring (bicyclic) bond motifs is 1. The van der Waals surface area contributed by atoms with Crippen LogP contribution in [0.25, 0.3) is 11.0 Å². The summed E-state index contributed by atoms with van der Waals surface area (Å²) in [5, 5.41) is 3.68. The van der Waals surface area contributed by atoms with Gasteiger partial charge in [0.15, 0.2) is 5.69 Å². The number of carbonyl (C=O) groups excluding carboxylic acids is 1. The van der Waals surface area contributed by atoms with Crippen LogP contribution in [-0.4, -0.2) is 37.1 Å². The lowest BCUT2D eigenvalue weighted by Crippen LogP contribution is -2.31. The van der Waals surface area contributed by atoms with Gasteiger partial charge in [0.2, 0.25) is 0 Å². The number of imidazole rings is 1. The van der Waals surface area contributed by atoms with Crippen LogP contribution in [0.15, 0.2) is 30.5 Å². The predicted molar refractivity (Wildman–Crippen MR) is 87.3 cm³/mol. The number of H-pyrrole nitrogens is 1. The minimum absolute atomic E-state index is 0.0270. The van der Waals surface area contributed by atoms with Crippen LogP contribution in [0, 0.1) is 6.92 Å². The van der Waals surface area contributed by atoms with Gasteiger partial charge >= 0.3 is 6.55 Å². The van der Waals surface area contributed by atoms with E-state index >= 15 is 0 Å². The molecule has 25 heavy (non-hydrogen) atoms. The molecule has 1 fully saturated rings. The Balaban J connectivity index is 1.63. The Kier molecular flexibility index (Phi) is 3.74. The number of nitrogens with zero attached hydrogens (tertiary/aromatic N) is 4. The van der Waals surface area contributed by atoms with Crippen LogP contribution < -0.4 is 0 Å². The first-order valence-corrected chi connectivity index (χ1v) is 8.13. The topological polar surface area (TPSA) is 66.8 Å². The first kappa shape index (κ1) is 15.7. The molecule has 2 aromatic heterocycles. The van der Waals surface area contributed by atoms with E-state index < -0.39 is 6.55 Å². The maximum absolute atomic E-state index is 12.7. The van der Waals surface area contributed by atoms with Gasteiger partial charge < -0.3 is 9.88 Å². The van der Waals surface area contributed by atoms with Crippen molar-refractivity contribution in [2.75, 3.05) is 6.54 Å². The summed E-state index contributed by atoms with van der Waals surface area (Å²) < 4.78 is 25.8. The van der Waals surface area contributed by atoms with Gasteiger partial charge in [-0.3, -0.25) is 4.79 Å². The summed E-state index contributed by atoms with van der Waals surface area (Å²) in [6.45, 7) is -0.194. The number of aromatic amines is 1. The van der Waals surface area contributed by atoms with Crippen molar-refractivity contribution >= 4 is 16.9 Å². The number of halogens is 2. The third kappa shape index (κ3) is 2.77. The molecule has 1 N–H and O–H groups in total. The quantitative estimate of drug-likeness (QED) is 0.791. The first-order chi connectivity index (χ1) is 12.0. The lowest BCUT2D eigenvalue weighted by molar-refractivity contribution is 0.0549. The Hall–Kier alpha value is -2.77. The van der Waals surface area contributed by atoms with E-state index in [1.54, 1.807) is 4.90 Å². The van der Waals surface area contributed by atoms with Gasteiger partial charge in [-0.05, 0) is 43.5 Å². The Morgan fingerprint density at radius 3 is 2.96 bits per heavy atom. The average molecular weight is 345 g/mol. The molecule has 0 saturated carbocycles. The molecule has 3 aromatic rings. The molecule has 8 heteroatoms. The Morgan fingerprint density at radius 1 is 1.36 bits per heavy atom. The summed E-state index contributed by atoms with van der Waals surface area (Å²) in [4.78, 5) is 22.2. The van der Waals surface area contributed by atoms with Gasteiger partial charge in [-0.25, -0.2) is 9.67 Å². The van der Waals surface area contributed by atoms with E-state index in [1.807, 2.05) is 25.1 Å². The largest absolute Gasteiger partial charge is 0.340 e. The van der Waals surface area contributed by atoms with E-state index in [4.69, 9.17) is 0 Å². The van der Waals surface area contributed by atoms with Crippen LogP contribution in [0.4, 0.5) is 8.78 Å². The SMILES string of the molecule is Cc1ccc2nc([C@H]3CCCN3C(=O)c3ccn(C(F)F)n3)[nH]c2c1. The van der Waals surface area contributed by atoms with Crippen LogP contribution in [0.2, 0.25) is 0 Å². The minimum Gasteiger partial charge on any atom is -0.340 e. The highest BCUT2D eigenvalue weighted by atomic mass is 19.3. The monoisotopic (exact) mass is 345 g/mol. The van der Waals surface area contributed by atoms with Crippen molar-refractivity contribution in [3.05, 3.63) is 47.5 Å². The number of alkyl halides is 2. The fourth-order valence-corrected chi connectivity index (χ4v) is 3.30. The van der Waals surface area contributed by atoms with Gasteiger partial charge in [0.25, 0.3) is 5.91 Å². The summed E-state index contributed by atoms with van der Waals surface area (Å²) in [6.07, 6.45) is 2.73. The van der Waals surface area contributed by atoms with Gasteiger partial charge in [0, 0.05) is 12.7 Å². The number of benzene rings is 1. The van der Waals surface area contributed by atoms with E-state index in [0.717, 1.165) is 41.5 Å². The molecule has 1 amide bonds. The van der Waals surface area contributed by atoms with E-state index in [1.165, 1.54) is 6.07 Å². The molecule has 1 aliphatic heterocycles. The number of hydrogen-bond donors (Lipinski definition) is 1. The van der Waals surface area contributed by atoms with Crippen molar-refractivity contribution in [2.24, 2.45) is 0 Å². The molecule has 1 saturated heterocycles. The lowest BCUT2D eigenvalue weighted by atomic mass is 10.2. The molecule has 1 aromatic carbocycles. The molecule has 130 valence electrons. The van der Waals surface area contributed by atoms with Gasteiger partial charge in [-0.1, -0.05) is 6.07 Å². The standard InChI is InChI=1S/C17H17F2N5O/c1-10-4-5-11-13(9-10)21-15(20-11)14-3-2-7-23(14)16(25)12-6-8-24(22-12)17(18)19/h4-6,8-9,14,17H,2-3,7H2,1H3,(H,20,21)/t14-/m1/s1. The number of carbonyl (C=O) groups is 1. The summed E-state index contributed by atoms with van der Waals surface area (Å²) in [7, 11) is 0. The summed E-state index contributed by atoms with van der Waals surface area (Å²) >= 11 is 0. The molecule has 0 bridgehead atoms. The highest BCUT2D eigenvalue weighted by Crippen LogP contribution is 2.32. The molecular formula is C17H17F2N5O. The minimum atomic E-state index is -2.76. The third-order valence-corrected chi connectivity index (χ3v) is 4.51. The maximum atomic E-state index is 12.7. The Morgan fingerprint density at radius 2 is 2.20 bits per heavy atom. The van der Waals surface area contributed by atoms with Crippen molar-refractivity contribution in [3.8, 4) is 0 Å². The number of aromatic nitrogens is 4. The first-order valence-electron chi connectivity index (χ1n) is 8.13. The maximum Gasteiger partial charge on any atom is 0.333 e. The molecule has 0 spiro atoms. The van der Waals surface area contributed by atoms with Crippen LogP contribution in [0.5, 0.6) is 0 Å². The highest BCUT2D eigenvalue weighted by Gasteiger charge is 2.33. The molecule has 6 nitrogen and oxygen atoms in total. The molecule has 3 heterocycles. The van der Waals surface area contributed by atoms with Crippen molar-refractivity contribution < 1.29 is 13.6 Å². The summed E-state index contributed by atoms with van der Waals surface area (Å²) in [5.41, 5.74) is 2.93. The molecule has 4 rings (SSSR count). The second-order valence-corrected chi connectivity index (χ2v) is 6.26. The zero-order valence-electron chi connectivity index (χ0n) is 13.6.